The van der Waals surface area contributed by atoms with Crippen molar-refractivity contribution in [3.05, 3.63) is 35.9 Å². The summed E-state index contributed by atoms with van der Waals surface area (Å²) in [5.74, 6) is -0.244. The lowest BCUT2D eigenvalue weighted by Crippen LogP contribution is -2.24. The van der Waals surface area contributed by atoms with Crippen LogP contribution in [0.4, 0.5) is 0 Å². The van der Waals surface area contributed by atoms with Gasteiger partial charge >= 0.3 is 5.97 Å². The molecule has 0 bridgehead atoms. The number of aryl methyl sites for hydroxylation is 1. The quantitative estimate of drug-likeness (QED) is 0.803. The highest BCUT2D eigenvalue weighted by Crippen LogP contribution is 2.12. The van der Waals surface area contributed by atoms with Gasteiger partial charge in [-0.25, -0.2) is 0 Å². The summed E-state index contributed by atoms with van der Waals surface area (Å²) in [4.78, 5) is 11.5. The Kier molecular flexibility index (Phi) is 6.03. The maximum absolute atomic E-state index is 11.5. The van der Waals surface area contributed by atoms with E-state index in [-0.39, 0.29) is 12.4 Å². The van der Waals surface area contributed by atoms with E-state index in [4.69, 9.17) is 4.74 Å². The van der Waals surface area contributed by atoms with Crippen LogP contribution in [-0.4, -0.2) is 22.8 Å². The Labute approximate surface area is 115 Å². The van der Waals surface area contributed by atoms with E-state index in [9.17, 15) is 9.90 Å². The van der Waals surface area contributed by atoms with Crippen molar-refractivity contribution in [2.45, 2.75) is 58.2 Å². The first-order valence-corrected chi connectivity index (χ1v) is 6.80. The molecule has 1 N–H and O–H groups in total. The highest BCUT2D eigenvalue weighted by atomic mass is 16.6. The molecule has 106 valence electrons. The molecule has 1 aromatic rings. The molecule has 0 aliphatic rings. The fraction of sp³-hybridized carbons (Fsp3) is 0.562. The molecular formula is C16H24O3. The number of rotatable bonds is 6. The lowest BCUT2D eigenvalue weighted by molar-refractivity contribution is -0.155. The molecule has 0 saturated carbocycles. The Morgan fingerprint density at radius 2 is 1.84 bits per heavy atom. The third-order valence-corrected chi connectivity index (χ3v) is 2.71. The monoisotopic (exact) mass is 264 g/mol. The van der Waals surface area contributed by atoms with Gasteiger partial charge in [0.15, 0.2) is 0 Å². The molecule has 0 aliphatic heterocycles. The molecule has 3 nitrogen and oxygen atoms in total. The van der Waals surface area contributed by atoms with Crippen LogP contribution in [0.25, 0.3) is 0 Å². The molecule has 0 amide bonds. The van der Waals surface area contributed by atoms with Crippen LogP contribution in [0, 0.1) is 0 Å². The van der Waals surface area contributed by atoms with Gasteiger partial charge in [-0.3, -0.25) is 4.79 Å². The molecule has 1 unspecified atom stereocenters. The first-order chi connectivity index (χ1) is 8.87. The number of carbonyl (C=O) groups excluding carboxylic acids is 1. The maximum atomic E-state index is 11.5. The Hall–Kier alpha value is -1.35. The average molecular weight is 264 g/mol. The Morgan fingerprint density at radius 1 is 1.21 bits per heavy atom. The minimum atomic E-state index is -0.452. The van der Waals surface area contributed by atoms with Gasteiger partial charge in [-0.2, -0.15) is 0 Å². The summed E-state index contributed by atoms with van der Waals surface area (Å²) in [5, 5.41) is 9.85. The summed E-state index contributed by atoms with van der Waals surface area (Å²) in [6.45, 7) is 5.53. The normalized spacial score (nSPS) is 13.1. The third-order valence-electron chi connectivity index (χ3n) is 2.71. The summed E-state index contributed by atoms with van der Waals surface area (Å²) >= 11 is 0. The van der Waals surface area contributed by atoms with E-state index < -0.39 is 11.7 Å². The van der Waals surface area contributed by atoms with Crippen LogP contribution in [0.1, 0.15) is 45.6 Å². The van der Waals surface area contributed by atoms with Crippen molar-refractivity contribution in [2.75, 3.05) is 0 Å². The number of ether oxygens (including phenoxy) is 1. The molecular weight excluding hydrogens is 240 g/mol. The van der Waals surface area contributed by atoms with E-state index in [1.54, 1.807) is 0 Å². The Bertz CT molecular complexity index is 379. The topological polar surface area (TPSA) is 46.5 Å². The van der Waals surface area contributed by atoms with Crippen molar-refractivity contribution in [2.24, 2.45) is 0 Å². The van der Waals surface area contributed by atoms with Gasteiger partial charge in [0.2, 0.25) is 0 Å². The van der Waals surface area contributed by atoms with Crippen molar-refractivity contribution < 1.29 is 14.6 Å². The Morgan fingerprint density at radius 3 is 2.42 bits per heavy atom. The molecule has 3 heteroatoms. The maximum Gasteiger partial charge on any atom is 0.306 e. The van der Waals surface area contributed by atoms with Gasteiger partial charge in [0.05, 0.1) is 6.10 Å². The van der Waals surface area contributed by atoms with Crippen LogP contribution < -0.4 is 0 Å². The van der Waals surface area contributed by atoms with Gasteiger partial charge in [0.25, 0.3) is 0 Å². The van der Waals surface area contributed by atoms with Crippen LogP contribution in [0.3, 0.4) is 0 Å². The molecule has 1 rings (SSSR count). The highest BCUT2D eigenvalue weighted by molar-refractivity contribution is 5.69. The fourth-order valence-corrected chi connectivity index (χ4v) is 1.80. The van der Waals surface area contributed by atoms with E-state index >= 15 is 0 Å². The molecule has 0 aliphatic carbocycles. The minimum absolute atomic E-state index is 0.244. The van der Waals surface area contributed by atoms with E-state index in [1.807, 2.05) is 51.1 Å². The number of hydrogen-bond acceptors (Lipinski definition) is 3. The van der Waals surface area contributed by atoms with Crippen molar-refractivity contribution in [3.63, 3.8) is 0 Å². The molecule has 0 saturated heterocycles. The average Bonchev–Trinajstić information content (AvgIpc) is 2.33. The van der Waals surface area contributed by atoms with E-state index in [0.717, 1.165) is 6.42 Å². The van der Waals surface area contributed by atoms with Gasteiger partial charge in [-0.05, 0) is 45.6 Å². The second-order valence-electron chi connectivity index (χ2n) is 5.80. The zero-order valence-corrected chi connectivity index (χ0v) is 12.1. The van der Waals surface area contributed by atoms with Crippen LogP contribution in [0.5, 0.6) is 0 Å². The summed E-state index contributed by atoms with van der Waals surface area (Å²) in [5.41, 5.74) is 0.755. The van der Waals surface area contributed by atoms with Crippen LogP contribution in [0.15, 0.2) is 30.3 Å². The van der Waals surface area contributed by atoms with Crippen molar-refractivity contribution >= 4 is 5.97 Å². The molecule has 0 heterocycles. The standard InChI is InChI=1S/C16H24O3/c1-16(2,3)19-15(18)12-11-14(17)10-9-13-7-5-4-6-8-13/h4-8,14,17H,9-12H2,1-3H3. The molecule has 0 aromatic heterocycles. The number of carbonyl (C=O) groups is 1. The SMILES string of the molecule is CC(C)(C)OC(=O)CCC(O)CCc1ccccc1. The Balaban J connectivity index is 2.21. The van der Waals surface area contributed by atoms with Gasteiger partial charge < -0.3 is 9.84 Å². The first kappa shape index (κ1) is 15.7. The van der Waals surface area contributed by atoms with Crippen LogP contribution in [-0.2, 0) is 16.0 Å². The predicted molar refractivity (Wildman–Crippen MR) is 75.8 cm³/mol. The number of esters is 1. The lowest BCUT2D eigenvalue weighted by atomic mass is 10.0. The molecule has 0 spiro atoms. The lowest BCUT2D eigenvalue weighted by Gasteiger charge is -2.20. The van der Waals surface area contributed by atoms with Crippen LogP contribution >= 0.6 is 0 Å². The smallest absolute Gasteiger partial charge is 0.306 e. The summed E-state index contributed by atoms with van der Waals surface area (Å²) in [7, 11) is 0. The second-order valence-corrected chi connectivity index (χ2v) is 5.80. The molecule has 1 atom stereocenters. The summed E-state index contributed by atoms with van der Waals surface area (Å²) in [6.07, 6.45) is 1.78. The summed E-state index contributed by atoms with van der Waals surface area (Å²) < 4.78 is 5.20. The van der Waals surface area contributed by atoms with Crippen LogP contribution in [0.2, 0.25) is 0 Å². The number of aliphatic hydroxyl groups excluding tert-OH is 1. The van der Waals surface area contributed by atoms with Crippen molar-refractivity contribution in [1.82, 2.24) is 0 Å². The molecule has 0 fully saturated rings. The largest absolute Gasteiger partial charge is 0.460 e. The summed E-state index contributed by atoms with van der Waals surface area (Å²) in [6, 6.07) is 10.0. The zero-order valence-electron chi connectivity index (χ0n) is 12.1. The van der Waals surface area contributed by atoms with E-state index in [1.165, 1.54) is 5.56 Å². The van der Waals surface area contributed by atoms with E-state index in [0.29, 0.717) is 12.8 Å². The van der Waals surface area contributed by atoms with Gasteiger partial charge in [-0.1, -0.05) is 30.3 Å². The molecule has 1 aromatic carbocycles. The molecule has 0 radical (unpaired) electrons. The van der Waals surface area contributed by atoms with Gasteiger partial charge in [-0.15, -0.1) is 0 Å². The third kappa shape index (κ3) is 7.62. The predicted octanol–water partition coefficient (Wildman–Crippen LogP) is 3.10. The minimum Gasteiger partial charge on any atom is -0.460 e. The zero-order chi connectivity index (χ0) is 14.3. The number of benzene rings is 1. The van der Waals surface area contributed by atoms with Gasteiger partial charge in [0, 0.05) is 6.42 Å². The van der Waals surface area contributed by atoms with E-state index in [2.05, 4.69) is 0 Å². The van der Waals surface area contributed by atoms with Gasteiger partial charge in [0.1, 0.15) is 5.60 Å². The fourth-order valence-electron chi connectivity index (χ4n) is 1.80. The number of hydrogen-bond donors (Lipinski definition) is 1. The van der Waals surface area contributed by atoms with Crippen molar-refractivity contribution in [3.8, 4) is 0 Å². The van der Waals surface area contributed by atoms with Crippen molar-refractivity contribution in [1.29, 1.82) is 0 Å². The number of aliphatic hydroxyl groups is 1. The molecule has 19 heavy (non-hydrogen) atoms. The second kappa shape index (κ2) is 7.29. The first-order valence-electron chi connectivity index (χ1n) is 6.80. The highest BCUT2D eigenvalue weighted by Gasteiger charge is 2.17.